The number of hydrogen-bond donors (Lipinski definition) is 1. The van der Waals surface area contributed by atoms with Crippen LogP contribution in [0, 0.1) is 6.92 Å². The number of halogens is 3. The van der Waals surface area contributed by atoms with Crippen molar-refractivity contribution in [3.05, 3.63) is 91.6 Å². The van der Waals surface area contributed by atoms with Gasteiger partial charge in [0, 0.05) is 28.1 Å². The third kappa shape index (κ3) is 4.71. The second-order valence-corrected chi connectivity index (χ2v) is 8.97. The van der Waals surface area contributed by atoms with E-state index in [1.165, 1.54) is 11.3 Å². The number of aryl methyl sites for hydroxylation is 1. The van der Waals surface area contributed by atoms with Crippen LogP contribution in [0.5, 0.6) is 0 Å². The zero-order valence-electron chi connectivity index (χ0n) is 15.7. The molecule has 0 spiro atoms. The van der Waals surface area contributed by atoms with E-state index >= 15 is 0 Å². The van der Waals surface area contributed by atoms with E-state index in [1.54, 1.807) is 37.4 Å². The van der Waals surface area contributed by atoms with Gasteiger partial charge in [-0.15, -0.1) is 11.3 Å². The van der Waals surface area contributed by atoms with Crippen molar-refractivity contribution in [2.24, 2.45) is 0 Å². The van der Waals surface area contributed by atoms with E-state index in [4.69, 9.17) is 39.2 Å². The Kier molecular flexibility index (Phi) is 6.16. The van der Waals surface area contributed by atoms with Gasteiger partial charge in [0.1, 0.15) is 11.5 Å². The van der Waals surface area contributed by atoms with Crippen molar-refractivity contribution in [1.82, 2.24) is 4.98 Å². The number of thiazole rings is 1. The van der Waals surface area contributed by atoms with Gasteiger partial charge in [0.15, 0.2) is 5.13 Å². The molecular formula is C22H15Cl3N2O2S. The number of anilines is 1. The van der Waals surface area contributed by atoms with Gasteiger partial charge in [-0.05, 0) is 48.9 Å². The molecule has 0 saturated carbocycles. The van der Waals surface area contributed by atoms with Crippen LogP contribution in [-0.2, 0) is 6.42 Å². The highest BCUT2D eigenvalue weighted by Gasteiger charge is 2.18. The lowest BCUT2D eigenvalue weighted by Crippen LogP contribution is -2.11. The van der Waals surface area contributed by atoms with Gasteiger partial charge >= 0.3 is 0 Å². The third-order valence-corrected chi connectivity index (χ3v) is 6.29. The maximum atomic E-state index is 12.7. The maximum absolute atomic E-state index is 12.7. The highest BCUT2D eigenvalue weighted by atomic mass is 35.5. The molecule has 4 aromatic rings. The number of furan rings is 1. The fourth-order valence-corrected chi connectivity index (χ4v) is 4.31. The van der Waals surface area contributed by atoms with E-state index in [0.717, 1.165) is 16.0 Å². The third-order valence-electron chi connectivity index (χ3n) is 4.41. The number of carbonyl (C=O) groups is 1. The van der Waals surface area contributed by atoms with Gasteiger partial charge in [0.05, 0.1) is 15.6 Å². The van der Waals surface area contributed by atoms with E-state index in [9.17, 15) is 4.79 Å². The minimum Gasteiger partial charge on any atom is -0.461 e. The molecule has 2 aromatic heterocycles. The molecule has 2 aromatic carbocycles. The summed E-state index contributed by atoms with van der Waals surface area (Å²) in [7, 11) is 0. The highest BCUT2D eigenvalue weighted by molar-refractivity contribution is 7.15. The average molecular weight is 478 g/mol. The van der Waals surface area contributed by atoms with Crippen LogP contribution in [0.3, 0.4) is 0 Å². The molecule has 152 valence electrons. The van der Waals surface area contributed by atoms with Crippen molar-refractivity contribution in [1.29, 1.82) is 0 Å². The van der Waals surface area contributed by atoms with Crippen LogP contribution in [0.25, 0.3) is 11.3 Å². The predicted molar refractivity (Wildman–Crippen MR) is 123 cm³/mol. The molecule has 0 aliphatic carbocycles. The number of amides is 1. The summed E-state index contributed by atoms with van der Waals surface area (Å²) in [5, 5.41) is 4.93. The van der Waals surface area contributed by atoms with Crippen molar-refractivity contribution < 1.29 is 9.21 Å². The van der Waals surface area contributed by atoms with Gasteiger partial charge in [-0.2, -0.15) is 0 Å². The Morgan fingerprint density at radius 2 is 1.93 bits per heavy atom. The Morgan fingerprint density at radius 3 is 2.70 bits per heavy atom. The molecule has 0 aliphatic heterocycles. The number of nitrogens with zero attached hydrogens (tertiary/aromatic N) is 1. The van der Waals surface area contributed by atoms with E-state index in [-0.39, 0.29) is 5.91 Å². The second kappa shape index (κ2) is 8.82. The largest absolute Gasteiger partial charge is 0.461 e. The van der Waals surface area contributed by atoms with E-state index < -0.39 is 0 Å². The molecule has 4 rings (SSSR count). The lowest BCUT2D eigenvalue weighted by atomic mass is 10.1. The molecule has 2 heterocycles. The molecule has 0 saturated heterocycles. The molecule has 8 heteroatoms. The molecule has 0 radical (unpaired) electrons. The molecule has 0 bridgehead atoms. The van der Waals surface area contributed by atoms with Crippen LogP contribution in [0.15, 0.2) is 59.1 Å². The first-order valence-electron chi connectivity index (χ1n) is 8.95. The second-order valence-electron chi connectivity index (χ2n) is 6.60. The quantitative estimate of drug-likeness (QED) is 0.323. The summed E-state index contributed by atoms with van der Waals surface area (Å²) >= 11 is 19.5. The number of aromatic nitrogens is 1. The van der Waals surface area contributed by atoms with Crippen LogP contribution >= 0.6 is 46.1 Å². The molecule has 1 N–H and O–H groups in total. The van der Waals surface area contributed by atoms with Crippen LogP contribution in [-0.4, -0.2) is 10.9 Å². The summed E-state index contributed by atoms with van der Waals surface area (Å²) in [6, 6.07) is 14.5. The average Bonchev–Trinajstić information content (AvgIpc) is 3.30. The number of rotatable bonds is 5. The summed E-state index contributed by atoms with van der Waals surface area (Å²) in [6.45, 7) is 1.74. The van der Waals surface area contributed by atoms with Crippen LogP contribution in [0.1, 0.15) is 26.6 Å². The molecule has 0 fully saturated rings. The normalized spacial score (nSPS) is 10.9. The van der Waals surface area contributed by atoms with Gasteiger partial charge in [-0.1, -0.05) is 46.9 Å². The summed E-state index contributed by atoms with van der Waals surface area (Å²) in [5.41, 5.74) is 2.26. The Labute approximate surface area is 192 Å². The molecule has 0 aliphatic rings. The minimum absolute atomic E-state index is 0.286. The molecule has 30 heavy (non-hydrogen) atoms. The molecule has 4 nitrogen and oxygen atoms in total. The van der Waals surface area contributed by atoms with Gasteiger partial charge in [-0.25, -0.2) is 4.98 Å². The molecule has 0 unspecified atom stereocenters. The topological polar surface area (TPSA) is 55.1 Å². The fraction of sp³-hybridized carbons (Fsp3) is 0.0909. The van der Waals surface area contributed by atoms with Crippen molar-refractivity contribution in [2.45, 2.75) is 13.3 Å². The van der Waals surface area contributed by atoms with Crippen molar-refractivity contribution in [2.75, 3.05) is 5.32 Å². The van der Waals surface area contributed by atoms with Gasteiger partial charge < -0.3 is 4.42 Å². The SMILES string of the molecule is Cc1oc(-c2ccc(Cl)c(Cl)c2)cc1C(=O)Nc1ncc(Cc2cccc(Cl)c2)s1. The van der Waals surface area contributed by atoms with E-state index in [0.29, 0.717) is 43.7 Å². The lowest BCUT2D eigenvalue weighted by Gasteiger charge is -2.00. The first-order valence-corrected chi connectivity index (χ1v) is 10.9. The Bertz CT molecular complexity index is 1230. The monoisotopic (exact) mass is 476 g/mol. The maximum Gasteiger partial charge on any atom is 0.261 e. The molecule has 0 atom stereocenters. The van der Waals surface area contributed by atoms with Crippen LogP contribution in [0.2, 0.25) is 15.1 Å². The minimum atomic E-state index is -0.286. The Hall–Kier alpha value is -2.31. The summed E-state index contributed by atoms with van der Waals surface area (Å²) in [4.78, 5) is 18.1. The highest BCUT2D eigenvalue weighted by Crippen LogP contribution is 2.31. The van der Waals surface area contributed by atoms with Gasteiger partial charge in [0.25, 0.3) is 5.91 Å². The van der Waals surface area contributed by atoms with Crippen molar-refractivity contribution in [3.8, 4) is 11.3 Å². The Balaban J connectivity index is 1.48. The first kappa shape index (κ1) is 20.9. The van der Waals surface area contributed by atoms with Gasteiger partial charge in [0.2, 0.25) is 0 Å². The summed E-state index contributed by atoms with van der Waals surface area (Å²) in [6.07, 6.45) is 2.45. The standard InChI is InChI=1S/C22H15Cl3N2O2S/c1-12-17(10-20(29-12)14-5-6-18(24)19(25)9-14)21(28)27-22-26-11-16(30-22)8-13-3-2-4-15(23)7-13/h2-7,9-11H,8H2,1H3,(H,26,27,28). The number of nitrogens with one attached hydrogen (secondary N) is 1. The zero-order chi connectivity index (χ0) is 21.3. The number of benzene rings is 2. The number of hydrogen-bond acceptors (Lipinski definition) is 4. The van der Waals surface area contributed by atoms with E-state index in [2.05, 4.69) is 10.3 Å². The first-order chi connectivity index (χ1) is 14.4. The number of carbonyl (C=O) groups excluding carboxylic acids is 1. The molecular weight excluding hydrogens is 463 g/mol. The summed E-state index contributed by atoms with van der Waals surface area (Å²) in [5.74, 6) is 0.757. The van der Waals surface area contributed by atoms with Crippen molar-refractivity contribution >= 4 is 57.2 Å². The van der Waals surface area contributed by atoms with Gasteiger partial charge in [-0.3, -0.25) is 10.1 Å². The fourth-order valence-electron chi connectivity index (χ4n) is 2.96. The zero-order valence-corrected chi connectivity index (χ0v) is 18.8. The van der Waals surface area contributed by atoms with Crippen molar-refractivity contribution in [3.63, 3.8) is 0 Å². The smallest absolute Gasteiger partial charge is 0.261 e. The predicted octanol–water partition coefficient (Wildman–Crippen LogP) is 7.51. The Morgan fingerprint density at radius 1 is 1.10 bits per heavy atom. The van der Waals surface area contributed by atoms with Crippen LogP contribution < -0.4 is 5.32 Å². The summed E-state index contributed by atoms with van der Waals surface area (Å²) < 4.78 is 5.76. The van der Waals surface area contributed by atoms with E-state index in [1.807, 2.05) is 24.3 Å². The lowest BCUT2D eigenvalue weighted by molar-refractivity contribution is 0.102. The molecule has 1 amide bonds. The van der Waals surface area contributed by atoms with Crippen LogP contribution in [0.4, 0.5) is 5.13 Å².